The molecule has 2 aromatic carbocycles. The smallest absolute Gasteiger partial charge is 0.323 e. The number of imide groups is 1. The highest BCUT2D eigenvalue weighted by atomic mass is 35.5. The monoisotopic (exact) mass is 413 g/mol. The summed E-state index contributed by atoms with van der Waals surface area (Å²) in [4.78, 5) is 38.8. The normalized spacial score (nSPS) is 18.7. The second-order valence-corrected chi connectivity index (χ2v) is 7.83. The summed E-state index contributed by atoms with van der Waals surface area (Å²) in [6.07, 6.45) is 1.98. The minimum absolute atomic E-state index is 0.390. The van der Waals surface area contributed by atoms with Gasteiger partial charge in [0.15, 0.2) is 0 Å². The van der Waals surface area contributed by atoms with Crippen molar-refractivity contribution >= 4 is 35.1 Å². The van der Waals surface area contributed by atoms with Gasteiger partial charge in [-0.2, -0.15) is 0 Å². The summed E-state index contributed by atoms with van der Waals surface area (Å²) in [5.74, 6) is -0.960. The molecule has 1 atom stereocenters. The van der Waals surface area contributed by atoms with Crippen molar-refractivity contribution in [3.63, 3.8) is 0 Å². The summed E-state index contributed by atoms with van der Waals surface area (Å²) < 4.78 is 0. The van der Waals surface area contributed by atoms with Crippen molar-refractivity contribution in [2.45, 2.75) is 39.2 Å². The van der Waals surface area contributed by atoms with Crippen molar-refractivity contribution in [3.8, 4) is 0 Å². The predicted octanol–water partition coefficient (Wildman–Crippen LogP) is 4.01. The lowest BCUT2D eigenvalue weighted by Gasteiger charge is -2.22. The molecule has 7 heteroatoms. The maximum absolute atomic E-state index is 13.0. The van der Waals surface area contributed by atoms with Crippen molar-refractivity contribution in [2.24, 2.45) is 0 Å². The molecule has 0 saturated carbocycles. The van der Waals surface area contributed by atoms with Gasteiger partial charge < -0.3 is 10.6 Å². The number of rotatable bonds is 6. The number of carbonyl (C=O) groups excluding carboxylic acids is 3. The Hall–Kier alpha value is -2.86. The fraction of sp³-hybridized carbons (Fsp3) is 0.318. The fourth-order valence-corrected chi connectivity index (χ4v) is 3.67. The lowest BCUT2D eigenvalue weighted by Crippen LogP contribution is -2.42. The maximum Gasteiger partial charge on any atom is 0.325 e. The first-order chi connectivity index (χ1) is 13.7. The van der Waals surface area contributed by atoms with Gasteiger partial charge in [-0.05, 0) is 49.1 Å². The van der Waals surface area contributed by atoms with E-state index < -0.39 is 29.9 Å². The zero-order valence-electron chi connectivity index (χ0n) is 16.7. The van der Waals surface area contributed by atoms with Gasteiger partial charge in [0.2, 0.25) is 5.91 Å². The van der Waals surface area contributed by atoms with Crippen molar-refractivity contribution in [1.29, 1.82) is 0 Å². The Morgan fingerprint density at radius 1 is 1.17 bits per heavy atom. The van der Waals surface area contributed by atoms with Crippen LogP contribution in [0.25, 0.3) is 0 Å². The third-order valence-corrected chi connectivity index (χ3v) is 5.36. The van der Waals surface area contributed by atoms with Gasteiger partial charge in [-0.15, -0.1) is 0 Å². The Labute approximate surface area is 175 Å². The van der Waals surface area contributed by atoms with Gasteiger partial charge in [-0.25, -0.2) is 4.79 Å². The average molecular weight is 414 g/mol. The van der Waals surface area contributed by atoms with E-state index in [-0.39, 0.29) is 0 Å². The number of amides is 4. The highest BCUT2D eigenvalue weighted by Gasteiger charge is 2.49. The first-order valence-corrected chi connectivity index (χ1v) is 9.92. The minimum atomic E-state index is -1.20. The molecule has 6 nitrogen and oxygen atoms in total. The first kappa shape index (κ1) is 20.9. The molecular formula is C22H24ClN3O3. The van der Waals surface area contributed by atoms with Crippen LogP contribution in [0, 0.1) is 6.92 Å². The molecule has 0 aliphatic carbocycles. The molecule has 2 N–H and O–H groups in total. The standard InChI is InChI=1S/C22H24ClN3O3/c1-4-5-15-7-9-16(10-8-15)22(3)20(28)26(21(29)25-22)13-19(27)24-18-11-6-14(2)12-17(18)23/h6-12H,4-5,13H2,1-3H3,(H,24,27)(H,25,29)/t22-/m1/s1. The van der Waals surface area contributed by atoms with E-state index in [9.17, 15) is 14.4 Å². The van der Waals surface area contributed by atoms with Gasteiger partial charge in [-0.3, -0.25) is 14.5 Å². The van der Waals surface area contributed by atoms with Gasteiger partial charge in [0.05, 0.1) is 10.7 Å². The molecule has 1 fully saturated rings. The molecule has 2 aromatic rings. The van der Waals surface area contributed by atoms with Gasteiger partial charge in [0.25, 0.3) is 5.91 Å². The number of benzene rings is 2. The maximum atomic E-state index is 13.0. The number of hydrogen-bond donors (Lipinski definition) is 2. The van der Waals surface area contributed by atoms with E-state index in [2.05, 4.69) is 17.6 Å². The number of carbonyl (C=O) groups is 3. The zero-order chi connectivity index (χ0) is 21.2. The van der Waals surface area contributed by atoms with Gasteiger partial charge in [0, 0.05) is 0 Å². The summed E-state index contributed by atoms with van der Waals surface area (Å²) >= 11 is 6.13. The van der Waals surface area contributed by atoms with Crippen LogP contribution in [0.4, 0.5) is 10.5 Å². The highest BCUT2D eigenvalue weighted by molar-refractivity contribution is 6.33. The summed E-state index contributed by atoms with van der Waals surface area (Å²) in [7, 11) is 0. The third kappa shape index (κ3) is 4.27. The molecule has 29 heavy (non-hydrogen) atoms. The Morgan fingerprint density at radius 3 is 2.48 bits per heavy atom. The molecule has 1 saturated heterocycles. The number of nitrogens with one attached hydrogen (secondary N) is 2. The van der Waals surface area contributed by atoms with Crippen molar-refractivity contribution < 1.29 is 14.4 Å². The van der Waals surface area contributed by atoms with Crippen LogP contribution in [0.1, 0.15) is 37.0 Å². The van der Waals surface area contributed by atoms with Crippen LogP contribution in [0.3, 0.4) is 0 Å². The van der Waals surface area contributed by atoms with Gasteiger partial charge >= 0.3 is 6.03 Å². The van der Waals surface area contributed by atoms with E-state index in [0.29, 0.717) is 16.3 Å². The molecule has 1 aliphatic heterocycles. The largest absolute Gasteiger partial charge is 0.325 e. The van der Waals surface area contributed by atoms with Crippen LogP contribution >= 0.6 is 11.6 Å². The molecule has 4 amide bonds. The van der Waals surface area contributed by atoms with Crippen LogP contribution in [0.5, 0.6) is 0 Å². The lowest BCUT2D eigenvalue weighted by molar-refractivity contribution is -0.133. The summed E-state index contributed by atoms with van der Waals surface area (Å²) in [5.41, 5.74) is 2.04. The molecule has 1 aliphatic rings. The van der Waals surface area contributed by atoms with Gasteiger partial charge in [-0.1, -0.05) is 55.3 Å². The SMILES string of the molecule is CCCc1ccc([C@@]2(C)NC(=O)N(CC(=O)Nc3ccc(C)cc3Cl)C2=O)cc1. The third-order valence-electron chi connectivity index (χ3n) is 5.05. The van der Waals surface area contributed by atoms with E-state index in [1.54, 1.807) is 19.1 Å². The Bertz CT molecular complexity index is 958. The zero-order valence-corrected chi connectivity index (χ0v) is 17.5. The second kappa shape index (κ2) is 8.25. The van der Waals surface area contributed by atoms with E-state index in [1.165, 1.54) is 5.56 Å². The molecule has 152 valence electrons. The molecule has 1 heterocycles. The molecular weight excluding hydrogens is 390 g/mol. The number of nitrogens with zero attached hydrogens (tertiary/aromatic N) is 1. The van der Waals surface area contributed by atoms with Crippen molar-refractivity contribution in [2.75, 3.05) is 11.9 Å². The summed E-state index contributed by atoms with van der Waals surface area (Å²) in [5, 5.41) is 5.76. The highest BCUT2D eigenvalue weighted by Crippen LogP contribution is 2.29. The number of anilines is 1. The number of aryl methyl sites for hydroxylation is 2. The topological polar surface area (TPSA) is 78.5 Å². The number of halogens is 1. The first-order valence-electron chi connectivity index (χ1n) is 9.54. The molecule has 0 unspecified atom stereocenters. The van der Waals surface area contributed by atoms with Crippen LogP contribution in [-0.4, -0.2) is 29.3 Å². The lowest BCUT2D eigenvalue weighted by atomic mass is 9.91. The fourth-order valence-electron chi connectivity index (χ4n) is 3.38. The van der Waals surface area contributed by atoms with E-state index in [1.807, 2.05) is 37.3 Å². The van der Waals surface area contributed by atoms with E-state index in [0.717, 1.165) is 23.3 Å². The Balaban J connectivity index is 1.73. The molecule has 0 spiro atoms. The summed E-state index contributed by atoms with van der Waals surface area (Å²) in [6, 6.07) is 12.2. The van der Waals surface area contributed by atoms with Crippen LogP contribution in [0.2, 0.25) is 5.02 Å². The number of hydrogen-bond acceptors (Lipinski definition) is 3. The minimum Gasteiger partial charge on any atom is -0.323 e. The molecule has 0 radical (unpaired) electrons. The quantitative estimate of drug-likeness (QED) is 0.702. The molecule has 0 aromatic heterocycles. The van der Waals surface area contributed by atoms with E-state index in [4.69, 9.17) is 11.6 Å². The molecule has 0 bridgehead atoms. The Kier molecular flexibility index (Phi) is 5.94. The van der Waals surface area contributed by atoms with Crippen LogP contribution in [0.15, 0.2) is 42.5 Å². The molecule has 3 rings (SSSR count). The van der Waals surface area contributed by atoms with E-state index >= 15 is 0 Å². The Morgan fingerprint density at radius 2 is 1.86 bits per heavy atom. The second-order valence-electron chi connectivity index (χ2n) is 7.42. The van der Waals surface area contributed by atoms with Gasteiger partial charge in [0.1, 0.15) is 12.1 Å². The average Bonchev–Trinajstić information content (AvgIpc) is 2.89. The van der Waals surface area contributed by atoms with Crippen molar-refractivity contribution in [1.82, 2.24) is 10.2 Å². The van der Waals surface area contributed by atoms with Crippen molar-refractivity contribution in [3.05, 3.63) is 64.2 Å². The summed E-state index contributed by atoms with van der Waals surface area (Å²) in [6.45, 7) is 5.25. The predicted molar refractivity (Wildman–Crippen MR) is 113 cm³/mol. The number of urea groups is 1. The van der Waals surface area contributed by atoms with Crippen LogP contribution in [-0.2, 0) is 21.5 Å². The van der Waals surface area contributed by atoms with Crippen LogP contribution < -0.4 is 10.6 Å².